The largest absolute Gasteiger partial charge is 0.368 e. The molecule has 2 saturated heterocycles. The van der Waals surface area contributed by atoms with Crippen molar-refractivity contribution < 1.29 is 9.13 Å². The first-order valence-corrected chi connectivity index (χ1v) is 5.11. The second-order valence-corrected chi connectivity index (χ2v) is 4.09. The molecule has 0 amide bonds. The maximum atomic E-state index is 13.0. The van der Waals surface area contributed by atoms with Gasteiger partial charge in [0.1, 0.15) is 11.9 Å². The van der Waals surface area contributed by atoms with Gasteiger partial charge >= 0.3 is 0 Å². The molecule has 1 aromatic rings. The van der Waals surface area contributed by atoms with Crippen LogP contribution in [0.25, 0.3) is 0 Å². The molecule has 3 rings (SSSR count). The zero-order valence-electron chi connectivity index (χ0n) is 7.87. The molecule has 14 heavy (non-hydrogen) atoms. The van der Waals surface area contributed by atoms with Crippen molar-refractivity contribution in [2.75, 3.05) is 0 Å². The van der Waals surface area contributed by atoms with Crippen LogP contribution in [-0.2, 0) is 4.74 Å². The van der Waals surface area contributed by atoms with E-state index in [1.807, 2.05) is 6.07 Å². The van der Waals surface area contributed by atoms with Crippen LogP contribution in [-0.4, -0.2) is 6.10 Å². The first-order valence-electron chi connectivity index (χ1n) is 5.11. The quantitative estimate of drug-likeness (QED) is 0.663. The van der Waals surface area contributed by atoms with E-state index in [2.05, 4.69) is 0 Å². The molecule has 2 atom stereocenters. The van der Waals surface area contributed by atoms with Crippen LogP contribution >= 0.6 is 0 Å². The summed E-state index contributed by atoms with van der Waals surface area (Å²) >= 11 is 0. The van der Waals surface area contributed by atoms with Crippen LogP contribution in [0.3, 0.4) is 0 Å². The first kappa shape index (κ1) is 8.42. The Morgan fingerprint density at radius 2 is 2.29 bits per heavy atom. The van der Waals surface area contributed by atoms with Crippen molar-refractivity contribution in [2.24, 2.45) is 0 Å². The van der Waals surface area contributed by atoms with Crippen LogP contribution in [0.5, 0.6) is 0 Å². The maximum absolute atomic E-state index is 13.0. The zero-order valence-corrected chi connectivity index (χ0v) is 7.87. The molecule has 0 aliphatic carbocycles. The van der Waals surface area contributed by atoms with Crippen LogP contribution < -0.4 is 0 Å². The molecule has 2 heterocycles. The minimum atomic E-state index is -0.147. The highest BCUT2D eigenvalue weighted by Gasteiger charge is 2.42. The molecule has 73 valence electrons. The molecule has 2 aliphatic heterocycles. The minimum absolute atomic E-state index is 0.147. The molecular weight excluding hydrogens is 179 g/mol. The Bertz CT molecular complexity index is 350. The van der Waals surface area contributed by atoms with E-state index < -0.39 is 0 Å². The fourth-order valence-electron chi connectivity index (χ4n) is 2.50. The molecular formula is C12H12FO. The maximum Gasteiger partial charge on any atom is 0.123 e. The van der Waals surface area contributed by atoms with E-state index in [-0.39, 0.29) is 5.82 Å². The van der Waals surface area contributed by atoms with Gasteiger partial charge in [-0.3, -0.25) is 0 Å². The number of fused-ring (bicyclic) bond motifs is 2. The van der Waals surface area contributed by atoms with Gasteiger partial charge in [-0.25, -0.2) is 4.39 Å². The molecule has 2 bridgehead atoms. The van der Waals surface area contributed by atoms with Gasteiger partial charge in [-0.2, -0.15) is 0 Å². The zero-order chi connectivity index (χ0) is 9.54. The number of hydrogen-bond acceptors (Lipinski definition) is 1. The Kier molecular flexibility index (Phi) is 1.84. The van der Waals surface area contributed by atoms with Gasteiger partial charge in [-0.1, -0.05) is 12.1 Å². The minimum Gasteiger partial charge on any atom is -0.368 e. The average Bonchev–Trinajstić information content (AvgIpc) is 2.78. The number of rotatable bonds is 1. The molecule has 0 N–H and O–H groups in total. The van der Waals surface area contributed by atoms with E-state index in [1.165, 1.54) is 12.2 Å². The van der Waals surface area contributed by atoms with Crippen molar-refractivity contribution in [1.82, 2.24) is 0 Å². The smallest absolute Gasteiger partial charge is 0.123 e. The normalized spacial score (nSPS) is 31.2. The van der Waals surface area contributed by atoms with Crippen LogP contribution in [0.2, 0.25) is 0 Å². The van der Waals surface area contributed by atoms with Gasteiger partial charge in [0.2, 0.25) is 0 Å². The number of benzene rings is 1. The number of hydrogen-bond donors (Lipinski definition) is 0. The van der Waals surface area contributed by atoms with E-state index in [9.17, 15) is 4.39 Å². The molecule has 2 fully saturated rings. The van der Waals surface area contributed by atoms with Crippen molar-refractivity contribution in [1.29, 1.82) is 0 Å². The summed E-state index contributed by atoms with van der Waals surface area (Å²) in [5.41, 5.74) is 1.07. The molecule has 2 aliphatic rings. The molecule has 1 nitrogen and oxygen atoms in total. The third-order valence-electron chi connectivity index (χ3n) is 3.17. The van der Waals surface area contributed by atoms with Crippen LogP contribution in [0.15, 0.2) is 24.3 Å². The van der Waals surface area contributed by atoms with Gasteiger partial charge in [-0.15, -0.1) is 0 Å². The van der Waals surface area contributed by atoms with Crippen molar-refractivity contribution in [3.05, 3.63) is 41.8 Å². The second-order valence-electron chi connectivity index (χ2n) is 4.09. The molecule has 1 radical (unpaired) electrons. The SMILES string of the molecule is Fc1cccc(C2CC3CC[C]2O3)c1. The lowest BCUT2D eigenvalue weighted by Crippen LogP contribution is -2.08. The lowest BCUT2D eigenvalue weighted by Gasteiger charge is -2.17. The summed E-state index contributed by atoms with van der Waals surface area (Å²) in [4.78, 5) is 0. The van der Waals surface area contributed by atoms with Gasteiger partial charge in [0.25, 0.3) is 0 Å². The average molecular weight is 191 g/mol. The summed E-state index contributed by atoms with van der Waals surface area (Å²) < 4.78 is 18.7. The van der Waals surface area contributed by atoms with E-state index in [0.717, 1.165) is 24.8 Å². The summed E-state index contributed by atoms with van der Waals surface area (Å²) in [6.45, 7) is 0. The van der Waals surface area contributed by atoms with Crippen molar-refractivity contribution in [3.63, 3.8) is 0 Å². The van der Waals surface area contributed by atoms with Crippen LogP contribution in [0.1, 0.15) is 30.7 Å². The predicted molar refractivity (Wildman–Crippen MR) is 51.1 cm³/mol. The summed E-state index contributed by atoms with van der Waals surface area (Å²) in [5, 5.41) is 0. The summed E-state index contributed by atoms with van der Waals surface area (Å²) in [6, 6.07) is 6.88. The molecule has 0 aromatic heterocycles. The summed E-state index contributed by atoms with van der Waals surface area (Å²) in [5.74, 6) is 0.204. The standard InChI is InChI=1S/C12H12FO/c13-9-3-1-2-8(6-9)11-7-10-4-5-12(11)14-10/h1-3,6,10-11H,4-5,7H2. The summed E-state index contributed by atoms with van der Waals surface area (Å²) in [7, 11) is 0. The molecule has 1 aromatic carbocycles. The summed E-state index contributed by atoms with van der Waals surface area (Å²) in [6.07, 6.45) is 4.82. The third-order valence-corrected chi connectivity index (χ3v) is 3.17. The second kappa shape index (κ2) is 3.06. The number of halogens is 1. The number of ether oxygens (including phenoxy) is 1. The topological polar surface area (TPSA) is 9.23 Å². The fourth-order valence-corrected chi connectivity index (χ4v) is 2.50. The van der Waals surface area contributed by atoms with Crippen molar-refractivity contribution >= 4 is 0 Å². The Hall–Kier alpha value is -0.890. The van der Waals surface area contributed by atoms with Crippen LogP contribution in [0.4, 0.5) is 4.39 Å². The lowest BCUT2D eigenvalue weighted by molar-refractivity contribution is 0.165. The van der Waals surface area contributed by atoms with Gasteiger partial charge < -0.3 is 4.74 Å². The van der Waals surface area contributed by atoms with Gasteiger partial charge in [0.15, 0.2) is 0 Å². The highest BCUT2D eigenvalue weighted by atomic mass is 19.1. The molecule has 0 saturated carbocycles. The monoisotopic (exact) mass is 191 g/mol. The third kappa shape index (κ3) is 1.25. The molecule has 0 spiro atoms. The lowest BCUT2D eigenvalue weighted by atomic mass is 9.84. The van der Waals surface area contributed by atoms with E-state index in [1.54, 1.807) is 12.1 Å². The van der Waals surface area contributed by atoms with Gasteiger partial charge in [0.05, 0.1) is 6.10 Å². The van der Waals surface area contributed by atoms with Crippen molar-refractivity contribution in [2.45, 2.75) is 31.3 Å². The first-order chi connectivity index (χ1) is 6.83. The van der Waals surface area contributed by atoms with Crippen LogP contribution in [0, 0.1) is 11.9 Å². The van der Waals surface area contributed by atoms with Crippen molar-refractivity contribution in [3.8, 4) is 0 Å². The molecule has 2 unspecified atom stereocenters. The highest BCUT2D eigenvalue weighted by molar-refractivity contribution is 5.28. The Balaban J connectivity index is 1.89. The Morgan fingerprint density at radius 3 is 2.93 bits per heavy atom. The predicted octanol–water partition coefficient (Wildman–Crippen LogP) is 3.02. The Labute approximate surface area is 82.9 Å². The van der Waals surface area contributed by atoms with Gasteiger partial charge in [0, 0.05) is 5.92 Å². The Morgan fingerprint density at radius 1 is 1.36 bits per heavy atom. The van der Waals surface area contributed by atoms with Gasteiger partial charge in [-0.05, 0) is 37.0 Å². The fraction of sp³-hybridized carbons (Fsp3) is 0.417. The highest BCUT2D eigenvalue weighted by Crippen LogP contribution is 2.49. The van der Waals surface area contributed by atoms with E-state index in [4.69, 9.17) is 4.74 Å². The van der Waals surface area contributed by atoms with E-state index in [0.29, 0.717) is 12.0 Å². The van der Waals surface area contributed by atoms with E-state index >= 15 is 0 Å². The molecule has 2 heteroatoms.